The summed E-state index contributed by atoms with van der Waals surface area (Å²) in [5.41, 5.74) is 3.31. The second-order valence-corrected chi connectivity index (χ2v) is 8.16. The van der Waals surface area contributed by atoms with Crippen molar-refractivity contribution in [2.45, 2.75) is 50.5 Å². The summed E-state index contributed by atoms with van der Waals surface area (Å²) in [6.07, 6.45) is -1.63. The molecule has 2 aliphatic rings. The molecule has 5 atom stereocenters. The Bertz CT molecular complexity index is 892. The van der Waals surface area contributed by atoms with Crippen molar-refractivity contribution in [3.05, 3.63) is 108 Å². The van der Waals surface area contributed by atoms with Crippen LogP contribution in [0.15, 0.2) is 91.0 Å². The molecule has 5 nitrogen and oxygen atoms in total. The summed E-state index contributed by atoms with van der Waals surface area (Å²) >= 11 is 0. The average molecular weight is 433 g/mol. The van der Waals surface area contributed by atoms with Gasteiger partial charge in [0.25, 0.3) is 0 Å². The van der Waals surface area contributed by atoms with Gasteiger partial charge in [0.05, 0.1) is 26.4 Å². The van der Waals surface area contributed by atoms with E-state index in [-0.39, 0.29) is 18.3 Å². The predicted molar refractivity (Wildman–Crippen MR) is 120 cm³/mol. The Hall–Kier alpha value is -2.54. The largest absolute Gasteiger partial charge is 0.368 e. The van der Waals surface area contributed by atoms with E-state index in [0.717, 1.165) is 16.7 Å². The van der Waals surface area contributed by atoms with E-state index < -0.39 is 12.4 Å². The first-order valence-electron chi connectivity index (χ1n) is 11.1. The van der Waals surface area contributed by atoms with Gasteiger partial charge in [-0.15, -0.1) is 0 Å². The monoisotopic (exact) mass is 432 g/mol. The lowest BCUT2D eigenvalue weighted by Crippen LogP contribution is -2.56. The first kappa shape index (κ1) is 21.3. The van der Waals surface area contributed by atoms with Crippen molar-refractivity contribution in [1.82, 2.24) is 0 Å². The van der Waals surface area contributed by atoms with Crippen LogP contribution in [0.5, 0.6) is 0 Å². The van der Waals surface area contributed by atoms with Crippen LogP contribution in [0.1, 0.15) is 16.7 Å². The Kier molecular flexibility index (Phi) is 6.92. The molecule has 0 aromatic heterocycles. The summed E-state index contributed by atoms with van der Waals surface area (Å²) in [7, 11) is 0. The van der Waals surface area contributed by atoms with Gasteiger partial charge in [0.15, 0.2) is 6.29 Å². The van der Waals surface area contributed by atoms with Gasteiger partial charge < -0.3 is 23.7 Å². The molecule has 166 valence electrons. The van der Waals surface area contributed by atoms with E-state index in [1.807, 2.05) is 66.7 Å². The van der Waals surface area contributed by atoms with Crippen molar-refractivity contribution in [1.29, 1.82) is 0 Å². The maximum atomic E-state index is 6.44. The molecule has 0 radical (unpaired) electrons. The van der Waals surface area contributed by atoms with Gasteiger partial charge in [-0.05, 0) is 16.7 Å². The van der Waals surface area contributed by atoms with E-state index in [1.54, 1.807) is 0 Å². The Morgan fingerprint density at radius 1 is 0.562 bits per heavy atom. The summed E-state index contributed by atoms with van der Waals surface area (Å²) in [4.78, 5) is 0. The van der Waals surface area contributed by atoms with Crippen molar-refractivity contribution in [2.24, 2.45) is 0 Å². The molecule has 2 heterocycles. The van der Waals surface area contributed by atoms with Crippen LogP contribution in [0.2, 0.25) is 0 Å². The molecule has 2 bridgehead atoms. The third-order valence-corrected chi connectivity index (χ3v) is 5.87. The third kappa shape index (κ3) is 5.09. The highest BCUT2D eigenvalue weighted by atomic mass is 16.8. The summed E-state index contributed by atoms with van der Waals surface area (Å²) in [5, 5.41) is 0. The zero-order chi connectivity index (χ0) is 21.6. The molecule has 2 saturated heterocycles. The van der Waals surface area contributed by atoms with Crippen LogP contribution < -0.4 is 0 Å². The highest BCUT2D eigenvalue weighted by Gasteiger charge is 2.52. The van der Waals surface area contributed by atoms with Crippen LogP contribution in [-0.2, 0) is 43.5 Å². The van der Waals surface area contributed by atoms with E-state index in [0.29, 0.717) is 26.4 Å². The summed E-state index contributed by atoms with van der Waals surface area (Å²) in [6.45, 7) is 1.88. The maximum absolute atomic E-state index is 6.44. The molecule has 3 aromatic carbocycles. The van der Waals surface area contributed by atoms with Crippen LogP contribution in [0, 0.1) is 0 Å². The number of fused-ring (bicyclic) bond motifs is 2. The molecule has 32 heavy (non-hydrogen) atoms. The number of benzene rings is 3. The minimum atomic E-state index is -0.457. The van der Waals surface area contributed by atoms with Gasteiger partial charge in [-0.1, -0.05) is 91.0 Å². The van der Waals surface area contributed by atoms with Gasteiger partial charge >= 0.3 is 0 Å². The van der Waals surface area contributed by atoms with Gasteiger partial charge in [0, 0.05) is 0 Å². The molecule has 0 amide bonds. The normalized spacial score (nSPS) is 26.8. The van der Waals surface area contributed by atoms with Gasteiger partial charge in [-0.3, -0.25) is 0 Å². The van der Waals surface area contributed by atoms with E-state index in [4.69, 9.17) is 23.7 Å². The molecule has 2 unspecified atom stereocenters. The smallest absolute Gasteiger partial charge is 0.187 e. The van der Waals surface area contributed by atoms with Crippen molar-refractivity contribution in [2.75, 3.05) is 6.61 Å². The number of hydrogen-bond donors (Lipinski definition) is 0. The van der Waals surface area contributed by atoms with Gasteiger partial charge in [-0.2, -0.15) is 0 Å². The summed E-state index contributed by atoms with van der Waals surface area (Å²) in [5.74, 6) is 0. The standard InChI is InChI=1S/C27H28O5/c1-4-10-20(11-5-1)16-28-24-23-19-31-27(32-23)26(30-18-22-14-8-3-9-15-22)25(24)29-17-21-12-6-2-7-13-21/h1-15,23-27H,16-19H2/t23?,24-,25?,26+,27+/m0/s1. The van der Waals surface area contributed by atoms with Crippen LogP contribution >= 0.6 is 0 Å². The lowest BCUT2D eigenvalue weighted by atomic mass is 10.00. The minimum absolute atomic E-state index is 0.180. The van der Waals surface area contributed by atoms with Gasteiger partial charge in [-0.25, -0.2) is 0 Å². The number of ether oxygens (including phenoxy) is 5. The highest BCUT2D eigenvalue weighted by Crippen LogP contribution is 2.35. The molecule has 2 aliphatic heterocycles. The molecule has 0 aliphatic carbocycles. The fraction of sp³-hybridized carbons (Fsp3) is 0.333. The van der Waals surface area contributed by atoms with E-state index in [1.165, 1.54) is 0 Å². The van der Waals surface area contributed by atoms with Crippen LogP contribution in [0.4, 0.5) is 0 Å². The van der Waals surface area contributed by atoms with E-state index >= 15 is 0 Å². The molecular weight excluding hydrogens is 404 g/mol. The first-order valence-corrected chi connectivity index (χ1v) is 11.1. The molecule has 0 spiro atoms. The quantitative estimate of drug-likeness (QED) is 0.498. The summed E-state index contributed by atoms with van der Waals surface area (Å²) < 4.78 is 31.2. The minimum Gasteiger partial charge on any atom is -0.368 e. The second-order valence-electron chi connectivity index (χ2n) is 8.16. The van der Waals surface area contributed by atoms with Crippen molar-refractivity contribution in [3.8, 4) is 0 Å². The van der Waals surface area contributed by atoms with Gasteiger partial charge in [0.2, 0.25) is 0 Å². The SMILES string of the molecule is c1ccc(COC2[C@@H](OCc3ccccc3)C3CO[C@H](O3)[C@@H]2OCc2ccccc2)cc1. The zero-order valence-corrected chi connectivity index (χ0v) is 17.9. The fourth-order valence-electron chi connectivity index (χ4n) is 4.20. The maximum Gasteiger partial charge on any atom is 0.187 e. The molecule has 0 saturated carbocycles. The first-order chi connectivity index (χ1) is 15.9. The Morgan fingerprint density at radius 2 is 1.00 bits per heavy atom. The number of hydrogen-bond acceptors (Lipinski definition) is 5. The topological polar surface area (TPSA) is 46.2 Å². The molecule has 2 fully saturated rings. The fourth-order valence-corrected chi connectivity index (χ4v) is 4.20. The molecule has 5 heteroatoms. The van der Waals surface area contributed by atoms with Crippen LogP contribution in [-0.4, -0.2) is 37.3 Å². The van der Waals surface area contributed by atoms with Crippen molar-refractivity contribution in [3.63, 3.8) is 0 Å². The summed E-state index contributed by atoms with van der Waals surface area (Å²) in [6, 6.07) is 30.4. The van der Waals surface area contributed by atoms with E-state index in [2.05, 4.69) is 24.3 Å². The molecule has 3 aromatic rings. The zero-order valence-electron chi connectivity index (χ0n) is 17.9. The Labute approximate surface area is 188 Å². The van der Waals surface area contributed by atoms with Crippen molar-refractivity contribution < 1.29 is 23.7 Å². The molecular formula is C27H28O5. The lowest BCUT2D eigenvalue weighted by molar-refractivity contribution is -0.268. The van der Waals surface area contributed by atoms with Crippen LogP contribution in [0.25, 0.3) is 0 Å². The van der Waals surface area contributed by atoms with Gasteiger partial charge in [0.1, 0.15) is 24.4 Å². The van der Waals surface area contributed by atoms with Crippen molar-refractivity contribution >= 4 is 0 Å². The molecule has 0 N–H and O–H groups in total. The van der Waals surface area contributed by atoms with E-state index in [9.17, 15) is 0 Å². The third-order valence-electron chi connectivity index (χ3n) is 5.87. The number of rotatable bonds is 9. The lowest BCUT2D eigenvalue weighted by Gasteiger charge is -2.40. The Morgan fingerprint density at radius 3 is 1.50 bits per heavy atom. The average Bonchev–Trinajstić information content (AvgIpc) is 3.29. The molecule has 5 rings (SSSR count). The predicted octanol–water partition coefficient (Wildman–Crippen LogP) is 4.50. The Balaban J connectivity index is 1.33. The second kappa shape index (κ2) is 10.4. The highest BCUT2D eigenvalue weighted by molar-refractivity contribution is 5.15. The van der Waals surface area contributed by atoms with Crippen LogP contribution in [0.3, 0.4) is 0 Å².